The van der Waals surface area contributed by atoms with Gasteiger partial charge in [-0.15, -0.1) is 46.7 Å². The fourth-order valence-corrected chi connectivity index (χ4v) is 3.87. The third-order valence-corrected chi connectivity index (χ3v) is 5.60. The van der Waals surface area contributed by atoms with Crippen LogP contribution in [0, 0.1) is 13.8 Å². The third-order valence-electron chi connectivity index (χ3n) is 3.38. The predicted octanol–water partition coefficient (Wildman–Crippen LogP) is 3.83. The number of rotatable bonds is 7. The number of aryl methyl sites for hydroxylation is 2. The van der Waals surface area contributed by atoms with Crippen molar-refractivity contribution >= 4 is 58.6 Å². The second-order valence-corrected chi connectivity index (χ2v) is 7.96. The Labute approximate surface area is 185 Å². The molecule has 7 nitrogen and oxygen atoms in total. The molecule has 0 aliphatic heterocycles. The molecule has 0 aliphatic carbocycles. The number of nitrogens with zero attached hydrogens (tertiary/aromatic N) is 3. The number of carbonyl (C=O) groups excluding carboxylic acids is 1. The summed E-state index contributed by atoms with van der Waals surface area (Å²) in [5, 5.41) is 8.35. The van der Waals surface area contributed by atoms with Gasteiger partial charge in [-0.3, -0.25) is 0 Å². The highest BCUT2D eigenvalue weighted by Crippen LogP contribution is 2.24. The van der Waals surface area contributed by atoms with Gasteiger partial charge in [-0.25, -0.2) is 19.8 Å². The Morgan fingerprint density at radius 3 is 2.67 bits per heavy atom. The van der Waals surface area contributed by atoms with Gasteiger partial charge in [0.2, 0.25) is 0 Å². The van der Waals surface area contributed by atoms with Crippen LogP contribution in [-0.4, -0.2) is 35.0 Å². The van der Waals surface area contributed by atoms with Crippen molar-refractivity contribution in [3.63, 3.8) is 0 Å². The van der Waals surface area contributed by atoms with Gasteiger partial charge in [0.25, 0.3) is 0 Å². The molecule has 2 N–H and O–H groups in total. The smallest absolute Gasteiger partial charge is 0.350 e. The normalized spacial score (nSPS) is 12.3. The van der Waals surface area contributed by atoms with E-state index >= 15 is 0 Å². The first kappa shape index (κ1) is 23.8. The molecule has 0 spiro atoms. The maximum atomic E-state index is 12.0. The van der Waals surface area contributed by atoms with Crippen molar-refractivity contribution in [2.45, 2.75) is 47.2 Å². The van der Waals surface area contributed by atoms with Crippen LogP contribution in [0.15, 0.2) is 11.2 Å². The number of thiazole rings is 2. The van der Waals surface area contributed by atoms with Gasteiger partial charge in [-0.05, 0) is 34.6 Å². The number of hydrogen-bond acceptors (Lipinski definition) is 7. The summed E-state index contributed by atoms with van der Waals surface area (Å²) >= 11 is 2.99. The van der Waals surface area contributed by atoms with Crippen molar-refractivity contribution in [2.75, 3.05) is 13.2 Å². The number of ether oxygens (including phenoxy) is 1. The van der Waals surface area contributed by atoms with E-state index in [-0.39, 0.29) is 36.0 Å². The first-order chi connectivity index (χ1) is 12.4. The summed E-state index contributed by atoms with van der Waals surface area (Å²) in [5.41, 5.74) is 0.692. The Morgan fingerprint density at radius 1 is 1.33 bits per heavy atom. The molecule has 0 amide bonds. The number of esters is 1. The van der Waals surface area contributed by atoms with Gasteiger partial charge < -0.3 is 15.4 Å². The van der Waals surface area contributed by atoms with Crippen molar-refractivity contribution in [1.29, 1.82) is 0 Å². The van der Waals surface area contributed by atoms with Gasteiger partial charge in [0.1, 0.15) is 14.9 Å². The number of carbonyl (C=O) groups is 1. The van der Waals surface area contributed by atoms with E-state index in [4.69, 9.17) is 4.74 Å². The van der Waals surface area contributed by atoms with Gasteiger partial charge in [-0.2, -0.15) is 0 Å². The summed E-state index contributed by atoms with van der Waals surface area (Å²) in [4.78, 5) is 27.1. The summed E-state index contributed by atoms with van der Waals surface area (Å²) < 4.78 is 5.08. The highest BCUT2D eigenvalue weighted by molar-refractivity contribution is 14.0. The van der Waals surface area contributed by atoms with E-state index in [1.807, 2.05) is 33.9 Å². The van der Waals surface area contributed by atoms with E-state index in [9.17, 15) is 4.79 Å². The fraction of sp³-hybridized carbons (Fsp3) is 0.529. The van der Waals surface area contributed by atoms with Crippen LogP contribution in [-0.2, 0) is 11.3 Å². The predicted molar refractivity (Wildman–Crippen MR) is 121 cm³/mol. The van der Waals surface area contributed by atoms with Gasteiger partial charge in [0.05, 0.1) is 24.9 Å². The lowest BCUT2D eigenvalue weighted by atomic mass is 10.3. The zero-order valence-electron chi connectivity index (χ0n) is 16.2. The molecule has 0 aliphatic rings. The summed E-state index contributed by atoms with van der Waals surface area (Å²) in [7, 11) is 0. The Hall–Kier alpha value is -1.27. The van der Waals surface area contributed by atoms with Gasteiger partial charge in [-0.1, -0.05) is 0 Å². The quantitative estimate of drug-likeness (QED) is 0.248. The van der Waals surface area contributed by atoms with E-state index in [1.165, 1.54) is 16.2 Å². The molecule has 10 heteroatoms. The summed E-state index contributed by atoms with van der Waals surface area (Å²) in [6, 6.07) is -0.0855. The minimum Gasteiger partial charge on any atom is -0.462 e. The minimum atomic E-state index is -0.319. The molecule has 2 aromatic heterocycles. The molecule has 0 saturated heterocycles. The molecule has 27 heavy (non-hydrogen) atoms. The first-order valence-electron chi connectivity index (χ1n) is 8.55. The SMILES string of the molecule is CCNC(=NCc1ncc(C)s1)NC(C)c1nc(C)c(C(=O)OCC)s1.I. The van der Waals surface area contributed by atoms with Crippen LogP contribution >= 0.6 is 46.7 Å². The lowest BCUT2D eigenvalue weighted by Crippen LogP contribution is -2.38. The Kier molecular flexibility index (Phi) is 10.2. The second kappa shape index (κ2) is 11.5. The molecule has 2 heterocycles. The standard InChI is InChI=1S/C17H25N5O2S2.HI/c1-6-18-17(20-9-13-19-8-10(3)25-13)22-12(5)15-21-11(4)14(26-15)16(23)24-7-2;/h8,12H,6-7,9H2,1-5H3,(H2,18,20,22);1H. The maximum Gasteiger partial charge on any atom is 0.350 e. The van der Waals surface area contributed by atoms with E-state index in [0.29, 0.717) is 29.7 Å². The zero-order chi connectivity index (χ0) is 19.1. The lowest BCUT2D eigenvalue weighted by Gasteiger charge is -2.15. The summed E-state index contributed by atoms with van der Waals surface area (Å²) in [5.74, 6) is 0.374. The highest BCUT2D eigenvalue weighted by Gasteiger charge is 2.20. The molecule has 0 radical (unpaired) electrons. The van der Waals surface area contributed by atoms with E-state index < -0.39 is 0 Å². The molecule has 2 rings (SSSR count). The van der Waals surface area contributed by atoms with Crippen LogP contribution in [0.25, 0.3) is 0 Å². The average molecular weight is 523 g/mol. The van der Waals surface area contributed by atoms with Crippen LogP contribution in [0.5, 0.6) is 0 Å². The molecular weight excluding hydrogens is 497 g/mol. The number of hydrogen-bond donors (Lipinski definition) is 2. The van der Waals surface area contributed by atoms with Crippen LogP contribution in [0.1, 0.15) is 57.1 Å². The summed E-state index contributed by atoms with van der Waals surface area (Å²) in [6.07, 6.45) is 1.85. The minimum absolute atomic E-state index is 0. The Balaban J connectivity index is 0.00000364. The number of guanidine groups is 1. The molecule has 0 fully saturated rings. The van der Waals surface area contributed by atoms with E-state index in [0.717, 1.165) is 16.6 Å². The molecular formula is C17H26IN5O2S2. The summed E-state index contributed by atoms with van der Waals surface area (Å²) in [6.45, 7) is 11.3. The van der Waals surface area contributed by atoms with Gasteiger partial charge >= 0.3 is 5.97 Å². The van der Waals surface area contributed by atoms with Crippen LogP contribution in [0.3, 0.4) is 0 Å². The molecule has 0 saturated carbocycles. The number of halogens is 1. The van der Waals surface area contributed by atoms with E-state index in [2.05, 4.69) is 25.6 Å². The average Bonchev–Trinajstić information content (AvgIpc) is 3.19. The molecule has 0 aromatic carbocycles. The van der Waals surface area contributed by atoms with Gasteiger partial charge in [0.15, 0.2) is 5.96 Å². The first-order valence-corrected chi connectivity index (χ1v) is 10.2. The third kappa shape index (κ3) is 7.00. The molecule has 2 aromatic rings. The monoisotopic (exact) mass is 523 g/mol. The number of nitrogens with one attached hydrogen (secondary N) is 2. The van der Waals surface area contributed by atoms with Gasteiger partial charge in [0, 0.05) is 17.6 Å². The van der Waals surface area contributed by atoms with Crippen molar-refractivity contribution in [3.8, 4) is 0 Å². The molecule has 1 unspecified atom stereocenters. The highest BCUT2D eigenvalue weighted by atomic mass is 127. The van der Waals surface area contributed by atoms with Crippen molar-refractivity contribution in [3.05, 3.63) is 31.7 Å². The maximum absolute atomic E-state index is 12.0. The fourth-order valence-electron chi connectivity index (χ4n) is 2.20. The molecule has 150 valence electrons. The van der Waals surface area contributed by atoms with Crippen LogP contribution in [0.4, 0.5) is 0 Å². The van der Waals surface area contributed by atoms with Crippen molar-refractivity contribution in [2.24, 2.45) is 4.99 Å². The van der Waals surface area contributed by atoms with Crippen LogP contribution in [0.2, 0.25) is 0 Å². The molecule has 1 atom stereocenters. The Morgan fingerprint density at radius 2 is 2.07 bits per heavy atom. The number of aromatic nitrogens is 2. The van der Waals surface area contributed by atoms with Crippen molar-refractivity contribution in [1.82, 2.24) is 20.6 Å². The lowest BCUT2D eigenvalue weighted by molar-refractivity contribution is 0.0531. The molecule has 0 bridgehead atoms. The largest absolute Gasteiger partial charge is 0.462 e. The van der Waals surface area contributed by atoms with E-state index in [1.54, 1.807) is 18.3 Å². The number of aliphatic imine (C=N–C) groups is 1. The Bertz CT molecular complexity index is 775. The zero-order valence-corrected chi connectivity index (χ0v) is 20.1. The second-order valence-electron chi connectivity index (χ2n) is 5.61. The van der Waals surface area contributed by atoms with Crippen LogP contribution < -0.4 is 10.6 Å². The topological polar surface area (TPSA) is 88.5 Å². The van der Waals surface area contributed by atoms with Crippen molar-refractivity contribution < 1.29 is 9.53 Å².